The van der Waals surface area contributed by atoms with Crippen LogP contribution in [0.1, 0.15) is 74.6 Å². The summed E-state index contributed by atoms with van der Waals surface area (Å²) < 4.78 is 0. The Kier molecular flexibility index (Phi) is 8.47. The number of hydrogen-bond donors (Lipinski definition) is 2. The zero-order valence-electron chi connectivity index (χ0n) is 18.4. The Bertz CT molecular complexity index is 692. The molecule has 0 aromatic heterocycles. The van der Waals surface area contributed by atoms with E-state index in [-0.39, 0.29) is 13.3 Å². The Morgan fingerprint density at radius 2 is 1.83 bits per heavy atom. The third-order valence-electron chi connectivity index (χ3n) is 7.40. The topological polar surface area (TPSA) is 44.4 Å². The quantitative estimate of drug-likeness (QED) is 0.585. The monoisotopic (exact) mass is 431 g/mol. The van der Waals surface area contributed by atoms with E-state index < -0.39 is 0 Å². The maximum absolute atomic E-state index is 12.9. The highest BCUT2D eigenvalue weighted by Gasteiger charge is 2.39. The number of likely N-dealkylation sites (tertiary alicyclic amines) is 1. The largest absolute Gasteiger partial charge is 0.384 e. The molecule has 30 heavy (non-hydrogen) atoms. The van der Waals surface area contributed by atoms with Gasteiger partial charge in [-0.1, -0.05) is 51.1 Å². The number of halogens is 1. The van der Waals surface area contributed by atoms with Gasteiger partial charge in [-0.15, -0.1) is 0 Å². The van der Waals surface area contributed by atoms with Crippen LogP contribution in [0.5, 0.6) is 0 Å². The van der Waals surface area contributed by atoms with Gasteiger partial charge >= 0.3 is 0 Å². The molecule has 2 aliphatic carbocycles. The van der Waals surface area contributed by atoms with Crippen LogP contribution in [0.2, 0.25) is 5.02 Å². The molecule has 1 aromatic carbocycles. The number of hydrogen-bond acceptors (Lipinski definition) is 3. The summed E-state index contributed by atoms with van der Waals surface area (Å²) in [5.74, 6) is 0.849. The summed E-state index contributed by atoms with van der Waals surface area (Å²) in [6.45, 7) is 5.16. The molecule has 2 radical (unpaired) electrons. The van der Waals surface area contributed by atoms with Crippen LogP contribution in [0.4, 0.5) is 5.69 Å². The fraction of sp³-hybridized carbons (Fsp3) is 0.680. The Balaban J connectivity index is 0.00000256. The highest BCUT2D eigenvalue weighted by Crippen LogP contribution is 2.48. The normalized spacial score (nSPS) is 26.5. The van der Waals surface area contributed by atoms with Crippen molar-refractivity contribution in [1.82, 2.24) is 10.2 Å². The van der Waals surface area contributed by atoms with E-state index >= 15 is 0 Å². The second kappa shape index (κ2) is 10.9. The van der Waals surface area contributed by atoms with E-state index in [0.29, 0.717) is 16.0 Å². The number of nitrogens with one attached hydrogen (secondary N) is 2. The number of carbonyl (C=O) groups is 1. The molecule has 1 heterocycles. The van der Waals surface area contributed by atoms with E-state index in [4.69, 9.17) is 11.6 Å². The van der Waals surface area contributed by atoms with Crippen LogP contribution in [0.3, 0.4) is 0 Å². The lowest BCUT2D eigenvalue weighted by Gasteiger charge is -2.45. The molecule has 3 aliphatic rings. The average Bonchev–Trinajstić information content (AvgIpc) is 2.74. The number of piperidine rings is 1. The minimum absolute atomic E-state index is 0. The van der Waals surface area contributed by atoms with Crippen LogP contribution >= 0.6 is 11.6 Å². The van der Waals surface area contributed by atoms with Gasteiger partial charge in [0.05, 0.1) is 10.6 Å². The third kappa shape index (κ3) is 5.91. The van der Waals surface area contributed by atoms with Gasteiger partial charge in [-0.2, -0.15) is 0 Å². The van der Waals surface area contributed by atoms with Gasteiger partial charge in [-0.05, 0) is 74.7 Å². The van der Waals surface area contributed by atoms with Crippen LogP contribution in [0.15, 0.2) is 18.2 Å². The predicted octanol–water partition coefficient (Wildman–Crippen LogP) is 5.66. The van der Waals surface area contributed by atoms with Crippen molar-refractivity contribution in [2.24, 2.45) is 11.3 Å². The van der Waals surface area contributed by atoms with Crippen molar-refractivity contribution in [3.05, 3.63) is 36.2 Å². The number of benzene rings is 1. The molecule has 2 saturated carbocycles. The Hall–Kier alpha value is -1.26. The summed E-state index contributed by atoms with van der Waals surface area (Å²) in [4.78, 5) is 15.4. The zero-order valence-corrected chi connectivity index (χ0v) is 19.1. The molecule has 0 spiro atoms. The zero-order chi connectivity index (χ0) is 20.1. The third-order valence-corrected chi connectivity index (χ3v) is 7.73. The summed E-state index contributed by atoms with van der Waals surface area (Å²) in [6, 6.07) is 5.73. The van der Waals surface area contributed by atoms with Crippen LogP contribution in [0, 0.1) is 18.8 Å². The maximum atomic E-state index is 12.9. The van der Waals surface area contributed by atoms with Gasteiger partial charge in [0.25, 0.3) is 5.91 Å². The Labute approximate surface area is 188 Å². The molecule has 1 saturated heterocycles. The first kappa shape index (κ1) is 23.4. The van der Waals surface area contributed by atoms with Crippen molar-refractivity contribution < 1.29 is 4.79 Å². The molecular formula is C25H38ClN3O. The summed E-state index contributed by atoms with van der Waals surface area (Å²) >= 11 is 6.37. The van der Waals surface area contributed by atoms with Crippen LogP contribution in [0.25, 0.3) is 0 Å². The lowest BCUT2D eigenvalue weighted by atomic mass is 9.62. The average molecular weight is 432 g/mol. The molecule has 2 N–H and O–H groups in total. The van der Waals surface area contributed by atoms with Gasteiger partial charge in [0, 0.05) is 25.3 Å². The smallest absolute Gasteiger partial charge is 0.252 e. The lowest BCUT2D eigenvalue weighted by molar-refractivity contribution is 0.0682. The fourth-order valence-corrected chi connectivity index (χ4v) is 5.99. The number of anilines is 1. The highest BCUT2D eigenvalue weighted by atomic mass is 35.5. The minimum atomic E-state index is -0.0308. The van der Waals surface area contributed by atoms with E-state index in [9.17, 15) is 4.79 Å². The Morgan fingerprint density at radius 1 is 1.10 bits per heavy atom. The number of amides is 1. The van der Waals surface area contributed by atoms with Gasteiger partial charge in [-0.3, -0.25) is 4.79 Å². The van der Waals surface area contributed by atoms with E-state index in [1.807, 2.05) is 18.2 Å². The molecule has 4 rings (SSSR count). The van der Waals surface area contributed by atoms with Crippen LogP contribution < -0.4 is 10.6 Å². The summed E-state index contributed by atoms with van der Waals surface area (Å²) in [5, 5.41) is 7.24. The van der Waals surface area contributed by atoms with Crippen molar-refractivity contribution in [3.8, 4) is 0 Å². The molecule has 4 nitrogen and oxygen atoms in total. The van der Waals surface area contributed by atoms with Crippen LogP contribution in [-0.2, 0) is 0 Å². The van der Waals surface area contributed by atoms with Crippen LogP contribution in [-0.4, -0.2) is 43.5 Å². The van der Waals surface area contributed by atoms with Crippen molar-refractivity contribution in [2.45, 2.75) is 64.2 Å². The summed E-state index contributed by atoms with van der Waals surface area (Å²) in [6.07, 6.45) is 13.2. The van der Waals surface area contributed by atoms with E-state index in [2.05, 4.69) is 15.5 Å². The predicted molar refractivity (Wildman–Crippen MR) is 126 cm³/mol. The molecule has 5 heteroatoms. The standard InChI is InChI=1S/C24H36ClN3O.CH2/c25-22-9-8-20(26-12-15-28-13-2-1-3-14-28)16-21(22)23(29)27-18-24-10-4-6-19(17-24)7-5-11-24;/h8-9,16,19,26H,1-7,10-15,17-18H2,(H,27,29);1H2. The van der Waals surface area contributed by atoms with Gasteiger partial charge in [0.1, 0.15) is 0 Å². The van der Waals surface area contributed by atoms with Gasteiger partial charge in [0.2, 0.25) is 0 Å². The van der Waals surface area contributed by atoms with Gasteiger partial charge in [0.15, 0.2) is 0 Å². The molecule has 0 unspecified atom stereocenters. The molecule has 166 valence electrons. The fourth-order valence-electron chi connectivity index (χ4n) is 5.78. The second-order valence-corrected chi connectivity index (χ2v) is 9.97. The minimum Gasteiger partial charge on any atom is -0.384 e. The number of fused-ring (bicyclic) bond motifs is 2. The maximum Gasteiger partial charge on any atom is 0.252 e. The SMILES string of the molecule is O=C(NCC12CCCC(CCC1)C2)c1cc(NCCN2CCCCC2)ccc1Cl.[CH2]. The van der Waals surface area contributed by atoms with E-state index in [1.165, 1.54) is 77.3 Å². The van der Waals surface area contributed by atoms with Crippen molar-refractivity contribution >= 4 is 23.2 Å². The summed E-state index contributed by atoms with van der Waals surface area (Å²) in [7, 11) is 0. The molecule has 1 aliphatic heterocycles. The molecule has 0 atom stereocenters. The highest BCUT2D eigenvalue weighted by molar-refractivity contribution is 6.34. The number of nitrogens with zero attached hydrogens (tertiary/aromatic N) is 1. The first-order valence-electron chi connectivity index (χ1n) is 11.7. The number of rotatable bonds is 7. The summed E-state index contributed by atoms with van der Waals surface area (Å²) in [5.41, 5.74) is 1.90. The lowest BCUT2D eigenvalue weighted by Crippen LogP contribution is -2.43. The first-order chi connectivity index (χ1) is 14.1. The molecule has 3 fully saturated rings. The molecule has 1 aromatic rings. The first-order valence-corrected chi connectivity index (χ1v) is 12.1. The van der Waals surface area contributed by atoms with Gasteiger partial charge in [-0.25, -0.2) is 0 Å². The van der Waals surface area contributed by atoms with Crippen molar-refractivity contribution in [1.29, 1.82) is 0 Å². The van der Waals surface area contributed by atoms with E-state index in [0.717, 1.165) is 31.2 Å². The number of carbonyl (C=O) groups excluding carboxylic acids is 1. The molecule has 1 amide bonds. The Morgan fingerprint density at radius 3 is 2.57 bits per heavy atom. The van der Waals surface area contributed by atoms with E-state index in [1.54, 1.807) is 0 Å². The van der Waals surface area contributed by atoms with Crippen molar-refractivity contribution in [2.75, 3.05) is 38.0 Å². The molecular weight excluding hydrogens is 394 g/mol. The van der Waals surface area contributed by atoms with Gasteiger partial charge < -0.3 is 15.5 Å². The van der Waals surface area contributed by atoms with Crippen molar-refractivity contribution in [3.63, 3.8) is 0 Å². The second-order valence-electron chi connectivity index (χ2n) is 9.56. The molecule has 2 bridgehead atoms.